The Hall–Kier alpha value is -2.65. The van der Waals surface area contributed by atoms with E-state index in [1.54, 1.807) is 19.4 Å². The van der Waals surface area contributed by atoms with Crippen LogP contribution < -0.4 is 10.1 Å². The normalized spacial score (nSPS) is 11.8. The van der Waals surface area contributed by atoms with Gasteiger partial charge in [-0.3, -0.25) is 9.36 Å². The molecule has 1 aromatic carbocycles. The van der Waals surface area contributed by atoms with Crippen LogP contribution in [0.15, 0.2) is 53.7 Å². The summed E-state index contributed by atoms with van der Waals surface area (Å²) in [5.41, 5.74) is 0.914. The van der Waals surface area contributed by atoms with Crippen LogP contribution in [0.25, 0.3) is 11.4 Å². The first kappa shape index (κ1) is 19.1. The topological polar surface area (TPSA) is 81.9 Å². The quantitative estimate of drug-likeness (QED) is 0.458. The summed E-state index contributed by atoms with van der Waals surface area (Å²) in [6.07, 6.45) is 3.43. The number of benzene rings is 1. The highest BCUT2D eigenvalue weighted by molar-refractivity contribution is 8.00. The van der Waals surface area contributed by atoms with Gasteiger partial charge < -0.3 is 10.1 Å². The number of aromatic nitrogens is 4. The SMILES string of the molecule is C=CCn1c(SC(C)C(=O)Nc2nccs2)nnc1-c1ccc(OC)cc1. The van der Waals surface area contributed by atoms with Gasteiger partial charge in [0, 0.05) is 23.7 Å². The zero-order valence-corrected chi connectivity index (χ0v) is 16.6. The van der Waals surface area contributed by atoms with Gasteiger partial charge in [0.05, 0.1) is 12.4 Å². The monoisotopic (exact) mass is 401 g/mol. The number of carbonyl (C=O) groups excluding carboxylic acids is 1. The summed E-state index contributed by atoms with van der Waals surface area (Å²) in [6.45, 7) is 6.18. The molecule has 140 valence electrons. The van der Waals surface area contributed by atoms with Gasteiger partial charge in [-0.25, -0.2) is 4.98 Å². The van der Waals surface area contributed by atoms with Gasteiger partial charge in [-0.1, -0.05) is 17.8 Å². The van der Waals surface area contributed by atoms with E-state index in [0.717, 1.165) is 11.3 Å². The third kappa shape index (κ3) is 4.55. The summed E-state index contributed by atoms with van der Waals surface area (Å²) in [5, 5.41) is 14.1. The zero-order chi connectivity index (χ0) is 19.2. The first-order valence-corrected chi connectivity index (χ1v) is 9.94. The van der Waals surface area contributed by atoms with Crippen LogP contribution in [0.2, 0.25) is 0 Å². The molecular formula is C18H19N5O2S2. The molecule has 3 aromatic rings. The van der Waals surface area contributed by atoms with Gasteiger partial charge in [-0.15, -0.1) is 28.1 Å². The van der Waals surface area contributed by atoms with Crippen molar-refractivity contribution in [1.29, 1.82) is 0 Å². The highest BCUT2D eigenvalue weighted by atomic mass is 32.2. The molecule has 0 fully saturated rings. The number of hydrogen-bond acceptors (Lipinski definition) is 7. The number of carbonyl (C=O) groups is 1. The molecular weight excluding hydrogens is 382 g/mol. The predicted molar refractivity (Wildman–Crippen MR) is 108 cm³/mol. The number of nitrogens with one attached hydrogen (secondary N) is 1. The minimum atomic E-state index is -0.356. The standard InChI is InChI=1S/C18H19N5O2S2/c1-4-10-23-15(13-5-7-14(25-3)8-6-13)21-22-18(23)27-12(2)16(24)20-17-19-9-11-26-17/h4-9,11-12H,1,10H2,2-3H3,(H,19,20,24). The van der Waals surface area contributed by atoms with Crippen LogP contribution in [0.1, 0.15) is 6.92 Å². The van der Waals surface area contributed by atoms with Crippen molar-refractivity contribution >= 4 is 34.1 Å². The lowest BCUT2D eigenvalue weighted by Crippen LogP contribution is -2.22. The maximum atomic E-state index is 12.4. The van der Waals surface area contributed by atoms with E-state index in [0.29, 0.717) is 22.7 Å². The fourth-order valence-electron chi connectivity index (χ4n) is 2.33. The van der Waals surface area contributed by atoms with E-state index >= 15 is 0 Å². The summed E-state index contributed by atoms with van der Waals surface area (Å²) in [5.74, 6) is 1.36. The second-order valence-corrected chi connectivity index (χ2v) is 7.72. The molecule has 2 heterocycles. The molecule has 0 spiro atoms. The molecule has 0 bridgehead atoms. The van der Waals surface area contributed by atoms with Gasteiger partial charge in [0.1, 0.15) is 5.75 Å². The molecule has 27 heavy (non-hydrogen) atoms. The maximum absolute atomic E-state index is 12.4. The number of nitrogens with zero attached hydrogens (tertiary/aromatic N) is 4. The molecule has 0 aliphatic rings. The number of methoxy groups -OCH3 is 1. The van der Waals surface area contributed by atoms with Crippen LogP contribution in [0, 0.1) is 0 Å². The smallest absolute Gasteiger partial charge is 0.239 e. The number of ether oxygens (including phenoxy) is 1. The maximum Gasteiger partial charge on any atom is 0.239 e. The minimum absolute atomic E-state index is 0.130. The minimum Gasteiger partial charge on any atom is -0.497 e. The summed E-state index contributed by atoms with van der Waals surface area (Å²) in [7, 11) is 1.63. The number of hydrogen-bond donors (Lipinski definition) is 1. The first-order valence-electron chi connectivity index (χ1n) is 8.18. The lowest BCUT2D eigenvalue weighted by atomic mass is 10.2. The number of thiazole rings is 1. The number of thioether (sulfide) groups is 1. The van der Waals surface area contributed by atoms with E-state index in [-0.39, 0.29) is 11.2 Å². The number of allylic oxidation sites excluding steroid dienone is 1. The van der Waals surface area contributed by atoms with Gasteiger partial charge >= 0.3 is 0 Å². The molecule has 0 saturated carbocycles. The third-order valence-corrected chi connectivity index (χ3v) is 5.46. The van der Waals surface area contributed by atoms with Crippen molar-refractivity contribution in [2.45, 2.75) is 23.9 Å². The second-order valence-electron chi connectivity index (χ2n) is 5.52. The largest absolute Gasteiger partial charge is 0.497 e. The number of amides is 1. The first-order chi connectivity index (χ1) is 13.1. The van der Waals surface area contributed by atoms with Gasteiger partial charge in [0.25, 0.3) is 0 Å². The van der Waals surface area contributed by atoms with Crippen LogP contribution in [0.4, 0.5) is 5.13 Å². The molecule has 1 N–H and O–H groups in total. The third-order valence-electron chi connectivity index (χ3n) is 3.69. The Morgan fingerprint density at radius 1 is 1.41 bits per heavy atom. The Morgan fingerprint density at radius 3 is 2.81 bits per heavy atom. The van der Waals surface area contributed by atoms with E-state index in [2.05, 4.69) is 27.1 Å². The van der Waals surface area contributed by atoms with Crippen molar-refractivity contribution in [2.75, 3.05) is 12.4 Å². The Bertz CT molecular complexity index is 906. The molecule has 7 nitrogen and oxygen atoms in total. The highest BCUT2D eigenvalue weighted by Gasteiger charge is 2.21. The summed E-state index contributed by atoms with van der Waals surface area (Å²) >= 11 is 2.73. The van der Waals surface area contributed by atoms with E-state index in [4.69, 9.17) is 4.74 Å². The van der Waals surface area contributed by atoms with Crippen LogP contribution in [-0.2, 0) is 11.3 Å². The van der Waals surface area contributed by atoms with Crippen molar-refractivity contribution in [3.05, 3.63) is 48.5 Å². The van der Waals surface area contributed by atoms with Gasteiger partial charge in [0.2, 0.25) is 5.91 Å². The van der Waals surface area contributed by atoms with Crippen LogP contribution >= 0.6 is 23.1 Å². The molecule has 1 atom stereocenters. The van der Waals surface area contributed by atoms with Crippen molar-refractivity contribution in [3.8, 4) is 17.1 Å². The number of rotatable bonds is 8. The van der Waals surface area contributed by atoms with E-state index in [1.165, 1.54) is 23.1 Å². The summed E-state index contributed by atoms with van der Waals surface area (Å²) in [6, 6.07) is 7.60. The fraction of sp³-hybridized carbons (Fsp3) is 0.222. The molecule has 0 radical (unpaired) electrons. The summed E-state index contributed by atoms with van der Waals surface area (Å²) < 4.78 is 7.14. The van der Waals surface area contributed by atoms with E-state index < -0.39 is 0 Å². The summed E-state index contributed by atoms with van der Waals surface area (Å²) in [4.78, 5) is 16.4. The Morgan fingerprint density at radius 2 is 2.19 bits per heavy atom. The number of anilines is 1. The Labute approximate surface area is 165 Å². The zero-order valence-electron chi connectivity index (χ0n) is 15.0. The van der Waals surface area contributed by atoms with E-state index in [1.807, 2.05) is 41.1 Å². The molecule has 1 unspecified atom stereocenters. The molecule has 1 amide bonds. The van der Waals surface area contributed by atoms with Crippen LogP contribution in [0.3, 0.4) is 0 Å². The molecule has 0 aliphatic heterocycles. The Balaban J connectivity index is 1.79. The second kappa shape index (κ2) is 8.83. The fourth-order valence-corrected chi connectivity index (χ4v) is 3.72. The van der Waals surface area contributed by atoms with Crippen molar-refractivity contribution < 1.29 is 9.53 Å². The van der Waals surface area contributed by atoms with E-state index in [9.17, 15) is 4.79 Å². The molecule has 9 heteroatoms. The average molecular weight is 402 g/mol. The molecule has 0 saturated heterocycles. The Kier molecular flexibility index (Phi) is 6.25. The highest BCUT2D eigenvalue weighted by Crippen LogP contribution is 2.28. The van der Waals surface area contributed by atoms with Gasteiger partial charge in [-0.2, -0.15) is 0 Å². The van der Waals surface area contributed by atoms with Crippen molar-refractivity contribution in [2.24, 2.45) is 0 Å². The van der Waals surface area contributed by atoms with Crippen molar-refractivity contribution in [3.63, 3.8) is 0 Å². The lowest BCUT2D eigenvalue weighted by molar-refractivity contribution is -0.115. The lowest BCUT2D eigenvalue weighted by Gasteiger charge is -2.12. The van der Waals surface area contributed by atoms with Crippen molar-refractivity contribution in [1.82, 2.24) is 19.7 Å². The van der Waals surface area contributed by atoms with Crippen LogP contribution in [-0.4, -0.2) is 38.0 Å². The molecule has 2 aromatic heterocycles. The van der Waals surface area contributed by atoms with Gasteiger partial charge in [-0.05, 0) is 31.2 Å². The molecule has 3 rings (SSSR count). The average Bonchev–Trinajstić information content (AvgIpc) is 3.33. The molecule has 0 aliphatic carbocycles. The van der Waals surface area contributed by atoms with Crippen LogP contribution in [0.5, 0.6) is 5.75 Å². The predicted octanol–water partition coefficient (Wildman–Crippen LogP) is 3.72. The van der Waals surface area contributed by atoms with Gasteiger partial charge in [0.15, 0.2) is 16.1 Å².